The van der Waals surface area contributed by atoms with E-state index in [1.165, 1.54) is 6.07 Å². The lowest BCUT2D eigenvalue weighted by molar-refractivity contribution is -0.100. The Balaban J connectivity index is 1.81. The van der Waals surface area contributed by atoms with Gasteiger partial charge in [0.25, 0.3) is 0 Å². The van der Waals surface area contributed by atoms with E-state index in [1.54, 1.807) is 12.1 Å². The van der Waals surface area contributed by atoms with E-state index in [4.69, 9.17) is 4.74 Å². The second-order valence-electron chi connectivity index (χ2n) is 7.57. The Bertz CT molecular complexity index is 773. The summed E-state index contributed by atoms with van der Waals surface area (Å²) >= 11 is 0. The van der Waals surface area contributed by atoms with Crippen LogP contribution in [0.25, 0.3) is 10.9 Å². The first-order valence-corrected chi connectivity index (χ1v) is 8.31. The predicted molar refractivity (Wildman–Crippen MR) is 90.3 cm³/mol. The van der Waals surface area contributed by atoms with Crippen molar-refractivity contribution in [1.29, 1.82) is 0 Å². The van der Waals surface area contributed by atoms with E-state index in [0.717, 1.165) is 35.3 Å². The van der Waals surface area contributed by atoms with Gasteiger partial charge in [-0.2, -0.15) is 0 Å². The van der Waals surface area contributed by atoms with Gasteiger partial charge in [0.15, 0.2) is 0 Å². The van der Waals surface area contributed by atoms with Gasteiger partial charge in [0.1, 0.15) is 5.82 Å². The van der Waals surface area contributed by atoms with Gasteiger partial charge in [-0.1, -0.05) is 13.8 Å². The molecule has 3 unspecified atom stereocenters. The zero-order valence-electron chi connectivity index (χ0n) is 14.1. The lowest BCUT2D eigenvalue weighted by Crippen LogP contribution is -2.66. The molecule has 0 bridgehead atoms. The van der Waals surface area contributed by atoms with Crippen molar-refractivity contribution < 1.29 is 9.13 Å². The maximum atomic E-state index is 13.8. The van der Waals surface area contributed by atoms with Crippen LogP contribution in [0.3, 0.4) is 0 Å². The van der Waals surface area contributed by atoms with Crippen LogP contribution < -0.4 is 4.90 Å². The SMILES string of the molecule is Cc1cc(N(C)C2C3CCOC3C2(C)C)c2cc(F)ccc2n1. The molecular formula is C19H23FN2O. The Hall–Kier alpha value is -1.68. The van der Waals surface area contributed by atoms with Crippen molar-refractivity contribution in [3.05, 3.63) is 35.8 Å². The Labute approximate surface area is 136 Å². The zero-order chi connectivity index (χ0) is 16.4. The first kappa shape index (κ1) is 14.9. The zero-order valence-corrected chi connectivity index (χ0v) is 14.1. The minimum absolute atomic E-state index is 0.104. The van der Waals surface area contributed by atoms with Crippen molar-refractivity contribution >= 4 is 16.6 Å². The molecule has 3 nitrogen and oxygen atoms in total. The Morgan fingerprint density at radius 1 is 1.30 bits per heavy atom. The number of aromatic nitrogens is 1. The predicted octanol–water partition coefficient (Wildman–Crippen LogP) is 3.93. The summed E-state index contributed by atoms with van der Waals surface area (Å²) in [6, 6.07) is 7.32. The van der Waals surface area contributed by atoms with Crippen LogP contribution in [0, 0.1) is 24.1 Å². The molecule has 1 aliphatic heterocycles. The van der Waals surface area contributed by atoms with Gasteiger partial charge < -0.3 is 9.64 Å². The number of ether oxygens (including phenoxy) is 1. The largest absolute Gasteiger partial charge is 0.377 e. The minimum atomic E-state index is -0.215. The number of aryl methyl sites for hydroxylation is 1. The second-order valence-corrected chi connectivity index (χ2v) is 7.57. The van der Waals surface area contributed by atoms with Crippen LogP contribution in [0.1, 0.15) is 26.0 Å². The Kier molecular flexibility index (Phi) is 3.17. The summed E-state index contributed by atoms with van der Waals surface area (Å²) in [4.78, 5) is 6.87. The molecule has 0 spiro atoms. The molecule has 3 atom stereocenters. The molecular weight excluding hydrogens is 291 g/mol. The van der Waals surface area contributed by atoms with Gasteiger partial charge >= 0.3 is 0 Å². The van der Waals surface area contributed by atoms with Crippen molar-refractivity contribution in [3.8, 4) is 0 Å². The highest BCUT2D eigenvalue weighted by atomic mass is 19.1. The molecule has 2 fully saturated rings. The number of benzene rings is 1. The summed E-state index contributed by atoms with van der Waals surface area (Å²) in [6.07, 6.45) is 1.46. The lowest BCUT2D eigenvalue weighted by Gasteiger charge is -2.58. The Morgan fingerprint density at radius 2 is 2.09 bits per heavy atom. The number of hydrogen-bond acceptors (Lipinski definition) is 3. The van der Waals surface area contributed by atoms with Crippen molar-refractivity contribution in [3.63, 3.8) is 0 Å². The number of nitrogens with zero attached hydrogens (tertiary/aromatic N) is 2. The minimum Gasteiger partial charge on any atom is -0.377 e. The molecule has 122 valence electrons. The molecule has 2 aromatic rings. The third-order valence-electron chi connectivity index (χ3n) is 5.71. The molecule has 0 N–H and O–H groups in total. The Morgan fingerprint density at radius 3 is 2.87 bits per heavy atom. The third kappa shape index (κ3) is 2.08. The first-order valence-electron chi connectivity index (χ1n) is 8.31. The van der Waals surface area contributed by atoms with E-state index >= 15 is 0 Å². The molecule has 1 aromatic carbocycles. The van der Waals surface area contributed by atoms with Crippen molar-refractivity contribution in [1.82, 2.24) is 4.98 Å². The van der Waals surface area contributed by atoms with Gasteiger partial charge in [0.05, 0.1) is 11.6 Å². The van der Waals surface area contributed by atoms with E-state index in [0.29, 0.717) is 18.1 Å². The lowest BCUT2D eigenvalue weighted by atomic mass is 9.56. The summed E-state index contributed by atoms with van der Waals surface area (Å²) in [6.45, 7) is 7.40. The number of anilines is 1. The molecule has 2 aliphatic rings. The quantitative estimate of drug-likeness (QED) is 0.840. The van der Waals surface area contributed by atoms with Crippen LogP contribution in [0.15, 0.2) is 24.3 Å². The highest BCUT2D eigenvalue weighted by Crippen LogP contribution is 2.55. The summed E-state index contributed by atoms with van der Waals surface area (Å²) in [5.74, 6) is 0.347. The molecule has 1 aliphatic carbocycles. The molecule has 23 heavy (non-hydrogen) atoms. The van der Waals surface area contributed by atoms with Gasteiger partial charge in [-0.15, -0.1) is 0 Å². The topological polar surface area (TPSA) is 25.4 Å². The summed E-state index contributed by atoms with van der Waals surface area (Å²) in [5, 5.41) is 0.885. The standard InChI is InChI=1S/C19H23FN2O/c1-11-9-16(14-10-12(20)5-6-15(14)21-11)22(4)17-13-7-8-23-18(13)19(17,2)3/h5-6,9-10,13,17-18H,7-8H2,1-4H3. The number of rotatable bonds is 2. The molecule has 0 amide bonds. The van der Waals surface area contributed by atoms with E-state index in [9.17, 15) is 4.39 Å². The number of fused-ring (bicyclic) bond motifs is 2. The third-order valence-corrected chi connectivity index (χ3v) is 5.71. The number of pyridine rings is 1. The first-order chi connectivity index (χ1) is 10.9. The highest BCUT2D eigenvalue weighted by Gasteiger charge is 2.60. The van der Waals surface area contributed by atoms with Crippen LogP contribution in [-0.2, 0) is 4.74 Å². The molecule has 0 radical (unpaired) electrons. The van der Waals surface area contributed by atoms with Gasteiger partial charge in [-0.3, -0.25) is 4.98 Å². The number of hydrogen-bond donors (Lipinski definition) is 0. The highest BCUT2D eigenvalue weighted by molar-refractivity contribution is 5.92. The fourth-order valence-corrected chi connectivity index (χ4v) is 4.83. The fraction of sp³-hybridized carbons (Fsp3) is 0.526. The molecule has 1 saturated carbocycles. The monoisotopic (exact) mass is 314 g/mol. The van der Waals surface area contributed by atoms with Crippen molar-refractivity contribution in [2.24, 2.45) is 11.3 Å². The van der Waals surface area contributed by atoms with E-state index < -0.39 is 0 Å². The molecule has 1 aromatic heterocycles. The molecule has 4 rings (SSSR count). The normalized spacial score (nSPS) is 28.5. The number of halogens is 1. The van der Waals surface area contributed by atoms with E-state index in [1.807, 2.05) is 6.92 Å². The van der Waals surface area contributed by atoms with Crippen molar-refractivity contribution in [2.45, 2.75) is 39.3 Å². The van der Waals surface area contributed by atoms with Crippen LogP contribution in [0.2, 0.25) is 0 Å². The molecule has 2 heterocycles. The van der Waals surface area contributed by atoms with E-state index in [2.05, 4.69) is 36.8 Å². The van der Waals surface area contributed by atoms with Gasteiger partial charge in [-0.05, 0) is 37.6 Å². The van der Waals surface area contributed by atoms with Gasteiger partial charge in [0.2, 0.25) is 0 Å². The maximum absolute atomic E-state index is 13.8. The van der Waals surface area contributed by atoms with E-state index in [-0.39, 0.29) is 11.2 Å². The van der Waals surface area contributed by atoms with Crippen LogP contribution in [-0.4, -0.2) is 30.8 Å². The van der Waals surface area contributed by atoms with Crippen LogP contribution in [0.5, 0.6) is 0 Å². The smallest absolute Gasteiger partial charge is 0.124 e. The average Bonchev–Trinajstić information content (AvgIpc) is 2.93. The fourth-order valence-electron chi connectivity index (χ4n) is 4.83. The van der Waals surface area contributed by atoms with Gasteiger partial charge in [-0.25, -0.2) is 4.39 Å². The molecule has 4 heteroatoms. The molecule has 1 saturated heterocycles. The summed E-state index contributed by atoms with van der Waals surface area (Å²) in [7, 11) is 2.13. The second kappa shape index (κ2) is 4.91. The maximum Gasteiger partial charge on any atom is 0.124 e. The average molecular weight is 314 g/mol. The van der Waals surface area contributed by atoms with Crippen molar-refractivity contribution in [2.75, 3.05) is 18.6 Å². The summed E-state index contributed by atoms with van der Waals surface area (Å²) in [5.41, 5.74) is 2.98. The van der Waals surface area contributed by atoms with Crippen LogP contribution >= 0.6 is 0 Å². The van der Waals surface area contributed by atoms with Gasteiger partial charge in [0, 0.05) is 47.8 Å². The van der Waals surface area contributed by atoms with Crippen LogP contribution in [0.4, 0.5) is 10.1 Å². The summed E-state index contributed by atoms with van der Waals surface area (Å²) < 4.78 is 19.7.